The minimum absolute atomic E-state index is 0.0209. The van der Waals surface area contributed by atoms with Crippen LogP contribution < -0.4 is 0 Å². The van der Waals surface area contributed by atoms with Gasteiger partial charge in [-0.25, -0.2) is 4.39 Å². The minimum atomic E-state index is -0.725. The van der Waals surface area contributed by atoms with Gasteiger partial charge in [0.15, 0.2) is 0 Å². The van der Waals surface area contributed by atoms with Crippen LogP contribution in [0.5, 0.6) is 5.75 Å². The van der Waals surface area contributed by atoms with Crippen LogP contribution in [0.2, 0.25) is 0 Å². The highest BCUT2D eigenvalue weighted by Gasteiger charge is 2.32. The van der Waals surface area contributed by atoms with E-state index >= 15 is 0 Å². The summed E-state index contributed by atoms with van der Waals surface area (Å²) in [6.45, 7) is 0.833. The number of benzene rings is 1. The van der Waals surface area contributed by atoms with Crippen LogP contribution in [0.4, 0.5) is 4.39 Å². The van der Waals surface area contributed by atoms with Crippen LogP contribution in [0.15, 0.2) is 18.2 Å². The van der Waals surface area contributed by atoms with Crippen molar-refractivity contribution in [3.63, 3.8) is 0 Å². The Kier molecular flexibility index (Phi) is 2.78. The van der Waals surface area contributed by atoms with Crippen molar-refractivity contribution >= 4 is 5.91 Å². The molecule has 1 amide bonds. The molecular weight excluding hydrogens is 213 g/mol. The summed E-state index contributed by atoms with van der Waals surface area (Å²) in [5.41, 5.74) is -0.293. The quantitative estimate of drug-likeness (QED) is 0.774. The molecule has 16 heavy (non-hydrogen) atoms. The summed E-state index contributed by atoms with van der Waals surface area (Å²) in [5.74, 6) is -1.53. The van der Waals surface area contributed by atoms with E-state index in [-0.39, 0.29) is 23.8 Å². The number of phenols is 1. The van der Waals surface area contributed by atoms with E-state index in [0.717, 1.165) is 6.07 Å². The zero-order chi connectivity index (χ0) is 11.7. The summed E-state index contributed by atoms with van der Waals surface area (Å²) in [6.07, 6.45) is 0. The molecule has 0 radical (unpaired) electrons. The molecule has 1 aliphatic rings. The SMILES string of the molecule is O=C(c1c(O)cccc1F)N1CC(CO)C1. The van der Waals surface area contributed by atoms with Gasteiger partial charge in [0, 0.05) is 25.6 Å². The summed E-state index contributed by atoms with van der Waals surface area (Å²) >= 11 is 0. The summed E-state index contributed by atoms with van der Waals surface area (Å²) < 4.78 is 13.3. The largest absolute Gasteiger partial charge is 0.507 e. The molecule has 1 saturated heterocycles. The fourth-order valence-corrected chi connectivity index (χ4v) is 1.73. The highest BCUT2D eigenvalue weighted by molar-refractivity contribution is 5.97. The zero-order valence-electron chi connectivity index (χ0n) is 8.56. The summed E-state index contributed by atoms with van der Waals surface area (Å²) in [4.78, 5) is 13.2. The van der Waals surface area contributed by atoms with Crippen LogP contribution in [0, 0.1) is 11.7 Å². The van der Waals surface area contributed by atoms with Gasteiger partial charge in [0.25, 0.3) is 5.91 Å². The smallest absolute Gasteiger partial charge is 0.260 e. The third kappa shape index (κ3) is 1.74. The predicted molar refractivity (Wildman–Crippen MR) is 54.5 cm³/mol. The lowest BCUT2D eigenvalue weighted by Gasteiger charge is -2.38. The maximum absolute atomic E-state index is 13.3. The summed E-state index contributed by atoms with van der Waals surface area (Å²) in [7, 11) is 0. The zero-order valence-corrected chi connectivity index (χ0v) is 8.56. The molecule has 1 fully saturated rings. The van der Waals surface area contributed by atoms with E-state index in [9.17, 15) is 14.3 Å². The minimum Gasteiger partial charge on any atom is -0.507 e. The van der Waals surface area contributed by atoms with Gasteiger partial charge in [0.05, 0.1) is 0 Å². The number of carbonyl (C=O) groups excluding carboxylic acids is 1. The number of hydrogen-bond acceptors (Lipinski definition) is 3. The molecule has 5 heteroatoms. The maximum Gasteiger partial charge on any atom is 0.260 e. The number of amides is 1. The first kappa shape index (κ1) is 10.9. The summed E-state index contributed by atoms with van der Waals surface area (Å²) in [6, 6.07) is 3.75. The molecule has 0 atom stereocenters. The van der Waals surface area contributed by atoms with Crippen molar-refractivity contribution in [3.05, 3.63) is 29.6 Å². The predicted octanol–water partition coefficient (Wildman–Crippen LogP) is 0.596. The van der Waals surface area contributed by atoms with Crippen LogP contribution in [-0.4, -0.2) is 40.7 Å². The number of hydrogen-bond donors (Lipinski definition) is 2. The van der Waals surface area contributed by atoms with Gasteiger partial charge >= 0.3 is 0 Å². The molecule has 0 spiro atoms. The molecule has 1 heterocycles. The molecule has 0 aromatic heterocycles. The first-order chi connectivity index (χ1) is 7.63. The van der Waals surface area contributed by atoms with E-state index in [4.69, 9.17) is 5.11 Å². The monoisotopic (exact) mass is 225 g/mol. The van der Waals surface area contributed by atoms with E-state index in [0.29, 0.717) is 13.1 Å². The second-order valence-electron chi connectivity index (χ2n) is 3.89. The van der Waals surface area contributed by atoms with Gasteiger partial charge in [0.1, 0.15) is 17.1 Å². The number of aromatic hydroxyl groups is 1. The van der Waals surface area contributed by atoms with Gasteiger partial charge in [-0.2, -0.15) is 0 Å². The van der Waals surface area contributed by atoms with Gasteiger partial charge in [-0.05, 0) is 12.1 Å². The Hall–Kier alpha value is -1.62. The Morgan fingerprint density at radius 2 is 2.19 bits per heavy atom. The lowest BCUT2D eigenvalue weighted by molar-refractivity contribution is 0.0355. The molecule has 1 aliphatic heterocycles. The fraction of sp³-hybridized carbons (Fsp3) is 0.364. The Balaban J connectivity index is 2.16. The third-order valence-electron chi connectivity index (χ3n) is 2.71. The van der Waals surface area contributed by atoms with Crippen molar-refractivity contribution in [3.8, 4) is 5.75 Å². The van der Waals surface area contributed by atoms with Gasteiger partial charge in [-0.3, -0.25) is 4.79 Å². The second-order valence-corrected chi connectivity index (χ2v) is 3.89. The topological polar surface area (TPSA) is 60.8 Å². The number of aliphatic hydroxyl groups is 1. The second kappa shape index (κ2) is 4.09. The van der Waals surface area contributed by atoms with E-state index in [1.54, 1.807) is 0 Å². The number of rotatable bonds is 2. The van der Waals surface area contributed by atoms with Crippen molar-refractivity contribution < 1.29 is 19.4 Å². The third-order valence-corrected chi connectivity index (χ3v) is 2.71. The van der Waals surface area contributed by atoms with Crippen LogP contribution in [-0.2, 0) is 0 Å². The van der Waals surface area contributed by atoms with Crippen molar-refractivity contribution in [1.82, 2.24) is 4.90 Å². The van der Waals surface area contributed by atoms with Crippen molar-refractivity contribution in [2.24, 2.45) is 5.92 Å². The standard InChI is InChI=1S/C11H12FNO3/c12-8-2-1-3-9(15)10(8)11(16)13-4-7(5-13)6-14/h1-3,7,14-15H,4-6H2. The average Bonchev–Trinajstić information content (AvgIpc) is 2.15. The van der Waals surface area contributed by atoms with E-state index in [2.05, 4.69) is 0 Å². The first-order valence-corrected chi connectivity index (χ1v) is 5.01. The molecule has 2 rings (SSSR count). The molecule has 0 saturated carbocycles. The van der Waals surface area contributed by atoms with Crippen molar-refractivity contribution in [1.29, 1.82) is 0 Å². The number of nitrogens with zero attached hydrogens (tertiary/aromatic N) is 1. The maximum atomic E-state index is 13.3. The lowest BCUT2D eigenvalue weighted by atomic mass is 9.99. The molecule has 1 aromatic carbocycles. The van der Waals surface area contributed by atoms with Crippen LogP contribution in [0.25, 0.3) is 0 Å². The van der Waals surface area contributed by atoms with Crippen LogP contribution in [0.1, 0.15) is 10.4 Å². The Morgan fingerprint density at radius 1 is 1.50 bits per heavy atom. The highest BCUT2D eigenvalue weighted by Crippen LogP contribution is 2.25. The number of phenolic OH excluding ortho intramolecular Hbond substituents is 1. The van der Waals surface area contributed by atoms with Crippen molar-refractivity contribution in [2.45, 2.75) is 0 Å². The molecule has 86 valence electrons. The molecule has 4 nitrogen and oxygen atoms in total. The van der Waals surface area contributed by atoms with Crippen molar-refractivity contribution in [2.75, 3.05) is 19.7 Å². The Labute approximate surface area is 91.9 Å². The fourth-order valence-electron chi connectivity index (χ4n) is 1.73. The molecule has 0 unspecified atom stereocenters. The number of carbonyl (C=O) groups is 1. The lowest BCUT2D eigenvalue weighted by Crippen LogP contribution is -2.51. The van der Waals surface area contributed by atoms with E-state index in [1.807, 2.05) is 0 Å². The highest BCUT2D eigenvalue weighted by atomic mass is 19.1. The average molecular weight is 225 g/mol. The molecule has 1 aromatic rings. The number of likely N-dealkylation sites (tertiary alicyclic amines) is 1. The van der Waals surface area contributed by atoms with Gasteiger partial charge in [-0.1, -0.05) is 6.07 Å². The van der Waals surface area contributed by atoms with Gasteiger partial charge in [-0.15, -0.1) is 0 Å². The molecular formula is C11H12FNO3. The van der Waals surface area contributed by atoms with E-state index < -0.39 is 11.7 Å². The molecule has 2 N–H and O–H groups in total. The normalized spacial score (nSPS) is 16.0. The van der Waals surface area contributed by atoms with Crippen LogP contribution >= 0.6 is 0 Å². The number of halogens is 1. The molecule has 0 bridgehead atoms. The number of aliphatic hydroxyl groups excluding tert-OH is 1. The Morgan fingerprint density at radius 3 is 2.75 bits per heavy atom. The van der Waals surface area contributed by atoms with Crippen LogP contribution in [0.3, 0.4) is 0 Å². The first-order valence-electron chi connectivity index (χ1n) is 5.01. The Bertz CT molecular complexity index is 395. The van der Waals surface area contributed by atoms with E-state index in [1.165, 1.54) is 17.0 Å². The van der Waals surface area contributed by atoms with Gasteiger partial charge < -0.3 is 15.1 Å². The van der Waals surface area contributed by atoms with Gasteiger partial charge in [0.2, 0.25) is 0 Å². The summed E-state index contributed by atoms with van der Waals surface area (Å²) in [5, 5.41) is 18.2. The molecule has 0 aliphatic carbocycles.